The van der Waals surface area contributed by atoms with Crippen LogP contribution < -0.4 is 11.1 Å². The number of benzene rings is 1. The lowest BCUT2D eigenvalue weighted by molar-refractivity contribution is 0.0926. The van der Waals surface area contributed by atoms with Crippen LogP contribution in [0.5, 0.6) is 0 Å². The lowest BCUT2D eigenvalue weighted by Crippen LogP contribution is -2.40. The van der Waals surface area contributed by atoms with Gasteiger partial charge in [0.15, 0.2) is 0 Å². The molecular formula is C16H22N2O. The van der Waals surface area contributed by atoms with Crippen LogP contribution >= 0.6 is 0 Å². The maximum atomic E-state index is 12.3. The first kappa shape index (κ1) is 12.7. The van der Waals surface area contributed by atoms with Gasteiger partial charge in [-0.25, -0.2) is 0 Å². The summed E-state index contributed by atoms with van der Waals surface area (Å²) in [4.78, 5) is 12.3. The van der Waals surface area contributed by atoms with Gasteiger partial charge in [-0.3, -0.25) is 4.79 Å². The van der Waals surface area contributed by atoms with Crippen LogP contribution in [0.25, 0.3) is 0 Å². The third kappa shape index (κ3) is 2.81. The molecule has 3 nitrogen and oxygen atoms in total. The van der Waals surface area contributed by atoms with Crippen molar-refractivity contribution in [3.8, 4) is 0 Å². The smallest absolute Gasteiger partial charge is 0.251 e. The van der Waals surface area contributed by atoms with Crippen LogP contribution in [-0.4, -0.2) is 18.0 Å². The average molecular weight is 258 g/mol. The molecule has 1 fully saturated rings. The van der Waals surface area contributed by atoms with Crippen LogP contribution in [0.1, 0.15) is 53.6 Å². The Labute approximate surface area is 114 Å². The van der Waals surface area contributed by atoms with Gasteiger partial charge < -0.3 is 11.1 Å². The largest absolute Gasteiger partial charge is 0.349 e. The molecule has 0 atom stereocenters. The fraction of sp³-hybridized carbons (Fsp3) is 0.562. The topological polar surface area (TPSA) is 55.1 Å². The average Bonchev–Trinajstić information content (AvgIpc) is 2.88. The van der Waals surface area contributed by atoms with Crippen LogP contribution in [0.15, 0.2) is 18.2 Å². The lowest BCUT2D eigenvalue weighted by atomic mass is 9.91. The fourth-order valence-electron chi connectivity index (χ4n) is 3.25. The standard InChI is InChI=1S/C16H22N2O/c17-14-6-8-15(9-7-14)18-16(19)13-5-4-11-2-1-3-12(11)10-13/h4-5,10,14-15H,1-3,6-9,17H2,(H,18,19). The van der Waals surface area contributed by atoms with E-state index in [0.29, 0.717) is 12.1 Å². The molecule has 0 spiro atoms. The van der Waals surface area contributed by atoms with Crippen molar-refractivity contribution >= 4 is 5.91 Å². The summed E-state index contributed by atoms with van der Waals surface area (Å²) in [6.07, 6.45) is 7.58. The van der Waals surface area contributed by atoms with Gasteiger partial charge in [0.1, 0.15) is 0 Å². The molecule has 1 aromatic carbocycles. The number of carbonyl (C=O) groups excluding carboxylic acids is 1. The number of rotatable bonds is 2. The van der Waals surface area contributed by atoms with Crippen LogP contribution in [0.4, 0.5) is 0 Å². The molecule has 0 aromatic heterocycles. The highest BCUT2D eigenvalue weighted by Gasteiger charge is 2.21. The van der Waals surface area contributed by atoms with Gasteiger partial charge in [0.05, 0.1) is 0 Å². The zero-order chi connectivity index (χ0) is 13.2. The summed E-state index contributed by atoms with van der Waals surface area (Å²) in [7, 11) is 0. The van der Waals surface area contributed by atoms with E-state index in [1.165, 1.54) is 17.5 Å². The number of hydrogen-bond donors (Lipinski definition) is 2. The predicted octanol–water partition coefficient (Wildman–Crippen LogP) is 2.17. The molecule has 0 aliphatic heterocycles. The first-order valence-electron chi connectivity index (χ1n) is 7.40. The summed E-state index contributed by atoms with van der Waals surface area (Å²) in [5.41, 5.74) is 9.48. The second-order valence-electron chi connectivity index (χ2n) is 5.92. The minimum absolute atomic E-state index is 0.0789. The molecule has 3 N–H and O–H groups in total. The van der Waals surface area contributed by atoms with E-state index in [1.807, 2.05) is 6.07 Å². The first-order chi connectivity index (χ1) is 9.22. The molecule has 0 bridgehead atoms. The number of fused-ring (bicyclic) bond motifs is 1. The summed E-state index contributed by atoms with van der Waals surface area (Å²) in [6, 6.07) is 6.79. The molecule has 0 saturated heterocycles. The molecule has 3 heteroatoms. The van der Waals surface area contributed by atoms with Gasteiger partial charge in [0, 0.05) is 17.6 Å². The molecule has 0 unspecified atom stereocenters. The monoisotopic (exact) mass is 258 g/mol. The molecule has 1 aromatic rings. The van der Waals surface area contributed by atoms with E-state index < -0.39 is 0 Å². The normalized spacial score (nSPS) is 25.9. The van der Waals surface area contributed by atoms with Crippen molar-refractivity contribution < 1.29 is 4.79 Å². The number of amides is 1. The van der Waals surface area contributed by atoms with Crippen molar-refractivity contribution in [2.75, 3.05) is 0 Å². The highest BCUT2D eigenvalue weighted by Crippen LogP contribution is 2.23. The Morgan fingerprint density at radius 3 is 2.63 bits per heavy atom. The number of carbonyl (C=O) groups is 1. The van der Waals surface area contributed by atoms with Gasteiger partial charge >= 0.3 is 0 Å². The molecule has 102 valence electrons. The van der Waals surface area contributed by atoms with Gasteiger partial charge in [-0.05, 0) is 68.2 Å². The minimum atomic E-state index is 0.0789. The van der Waals surface area contributed by atoms with Gasteiger partial charge in [0.2, 0.25) is 0 Å². The van der Waals surface area contributed by atoms with Gasteiger partial charge in [0.25, 0.3) is 5.91 Å². The minimum Gasteiger partial charge on any atom is -0.349 e. The van der Waals surface area contributed by atoms with Crippen molar-refractivity contribution in [3.63, 3.8) is 0 Å². The third-order valence-corrected chi connectivity index (χ3v) is 4.47. The predicted molar refractivity (Wildman–Crippen MR) is 76.2 cm³/mol. The van der Waals surface area contributed by atoms with E-state index >= 15 is 0 Å². The molecule has 19 heavy (non-hydrogen) atoms. The molecule has 2 aliphatic rings. The first-order valence-corrected chi connectivity index (χ1v) is 7.40. The summed E-state index contributed by atoms with van der Waals surface area (Å²) in [5.74, 6) is 0.0789. The van der Waals surface area contributed by atoms with Gasteiger partial charge in [-0.2, -0.15) is 0 Å². The number of nitrogens with two attached hydrogens (primary N) is 1. The highest BCUT2D eigenvalue weighted by atomic mass is 16.1. The van der Waals surface area contributed by atoms with Crippen LogP contribution in [0.3, 0.4) is 0 Å². The lowest BCUT2D eigenvalue weighted by Gasteiger charge is -2.26. The quantitative estimate of drug-likeness (QED) is 0.854. The maximum absolute atomic E-state index is 12.3. The molecule has 1 amide bonds. The highest BCUT2D eigenvalue weighted by molar-refractivity contribution is 5.94. The number of nitrogens with one attached hydrogen (secondary N) is 1. The second-order valence-corrected chi connectivity index (χ2v) is 5.92. The van der Waals surface area contributed by atoms with Gasteiger partial charge in [-0.1, -0.05) is 6.07 Å². The Hall–Kier alpha value is -1.35. The summed E-state index contributed by atoms with van der Waals surface area (Å²) in [5, 5.41) is 3.15. The second kappa shape index (κ2) is 5.33. The van der Waals surface area contributed by atoms with Crippen LogP contribution in [-0.2, 0) is 12.8 Å². The van der Waals surface area contributed by atoms with Crippen LogP contribution in [0, 0.1) is 0 Å². The Kier molecular flexibility index (Phi) is 3.56. The molecule has 0 radical (unpaired) electrons. The molecule has 3 rings (SSSR count). The summed E-state index contributed by atoms with van der Waals surface area (Å²) in [6.45, 7) is 0. The van der Waals surface area contributed by atoms with Crippen LogP contribution in [0.2, 0.25) is 0 Å². The van der Waals surface area contributed by atoms with E-state index in [9.17, 15) is 4.79 Å². The molecule has 0 heterocycles. The molecular weight excluding hydrogens is 236 g/mol. The van der Waals surface area contributed by atoms with Crippen molar-refractivity contribution in [1.82, 2.24) is 5.32 Å². The summed E-state index contributed by atoms with van der Waals surface area (Å²) < 4.78 is 0. The maximum Gasteiger partial charge on any atom is 0.251 e. The zero-order valence-electron chi connectivity index (χ0n) is 11.3. The van der Waals surface area contributed by atoms with Gasteiger partial charge in [-0.15, -0.1) is 0 Å². The van der Waals surface area contributed by atoms with Crippen molar-refractivity contribution in [1.29, 1.82) is 0 Å². The fourth-order valence-corrected chi connectivity index (χ4v) is 3.25. The molecule has 1 saturated carbocycles. The van der Waals surface area contributed by atoms with E-state index in [4.69, 9.17) is 5.73 Å². The zero-order valence-corrected chi connectivity index (χ0v) is 11.3. The van der Waals surface area contributed by atoms with E-state index in [2.05, 4.69) is 17.4 Å². The van der Waals surface area contributed by atoms with E-state index in [0.717, 1.165) is 44.1 Å². The number of hydrogen-bond acceptors (Lipinski definition) is 2. The third-order valence-electron chi connectivity index (χ3n) is 4.47. The van der Waals surface area contributed by atoms with Crippen molar-refractivity contribution in [3.05, 3.63) is 34.9 Å². The number of aryl methyl sites for hydroxylation is 2. The summed E-state index contributed by atoms with van der Waals surface area (Å²) >= 11 is 0. The Bertz CT molecular complexity index is 476. The van der Waals surface area contributed by atoms with Crippen molar-refractivity contribution in [2.45, 2.75) is 57.0 Å². The molecule has 2 aliphatic carbocycles. The van der Waals surface area contributed by atoms with E-state index in [-0.39, 0.29) is 5.91 Å². The Morgan fingerprint density at radius 2 is 1.84 bits per heavy atom. The Morgan fingerprint density at radius 1 is 1.11 bits per heavy atom. The SMILES string of the molecule is NC1CCC(NC(=O)c2ccc3c(c2)CCC3)CC1. The Balaban J connectivity index is 1.64. The van der Waals surface area contributed by atoms with Crippen molar-refractivity contribution in [2.24, 2.45) is 5.73 Å². The van der Waals surface area contributed by atoms with E-state index in [1.54, 1.807) is 0 Å².